The normalized spacial score (nSPS) is 26.0. The van der Waals surface area contributed by atoms with Crippen LogP contribution in [0.4, 0.5) is 10.5 Å². The van der Waals surface area contributed by atoms with Crippen LogP contribution in [0, 0.1) is 0 Å². The van der Waals surface area contributed by atoms with E-state index in [4.69, 9.17) is 0 Å². The summed E-state index contributed by atoms with van der Waals surface area (Å²) in [5, 5.41) is 4.00. The molecule has 120 valence electrons. The Morgan fingerprint density at radius 1 is 1.36 bits per heavy atom. The average Bonchev–Trinajstić information content (AvgIpc) is 3.13. The number of piperazine rings is 1. The lowest BCUT2D eigenvalue weighted by atomic mass is 9.93. The Kier molecular flexibility index (Phi) is 3.86. The molecule has 22 heavy (non-hydrogen) atoms. The third-order valence-corrected chi connectivity index (χ3v) is 5.41. The summed E-state index contributed by atoms with van der Waals surface area (Å²) in [6, 6.07) is 2.03. The van der Waals surface area contributed by atoms with Crippen molar-refractivity contribution in [2.24, 2.45) is 0 Å². The first-order valence-electron chi connectivity index (χ1n) is 7.43. The van der Waals surface area contributed by atoms with E-state index in [0.29, 0.717) is 19.6 Å². The van der Waals surface area contributed by atoms with Gasteiger partial charge in [-0.15, -0.1) is 0 Å². The zero-order valence-electron chi connectivity index (χ0n) is 13.3. The van der Waals surface area contributed by atoms with Gasteiger partial charge in [-0.25, -0.2) is 4.79 Å². The smallest absolute Gasteiger partial charge is 0.319 e. The fourth-order valence-corrected chi connectivity index (χ4v) is 3.99. The lowest BCUT2D eigenvalue weighted by Gasteiger charge is -2.46. The van der Waals surface area contributed by atoms with Crippen molar-refractivity contribution in [1.29, 1.82) is 0 Å². The second-order valence-corrected chi connectivity index (χ2v) is 7.17. The molecule has 2 fully saturated rings. The average molecular weight is 322 g/mol. The van der Waals surface area contributed by atoms with E-state index >= 15 is 0 Å². The monoisotopic (exact) mass is 322 g/mol. The highest BCUT2D eigenvalue weighted by Crippen LogP contribution is 2.34. The van der Waals surface area contributed by atoms with Crippen LogP contribution in [0.3, 0.4) is 0 Å². The van der Waals surface area contributed by atoms with E-state index in [2.05, 4.69) is 4.90 Å². The number of hydrogen-bond acceptors (Lipinski definition) is 4. The molecule has 2 aliphatic rings. The Morgan fingerprint density at radius 2 is 2.14 bits per heavy atom. The minimum Gasteiger partial charge on any atom is -0.331 e. The topological polar surface area (TPSA) is 47.1 Å². The zero-order chi connectivity index (χ0) is 15.9. The van der Waals surface area contributed by atoms with Gasteiger partial charge in [-0.1, -0.05) is 0 Å². The molecule has 0 saturated carbocycles. The Bertz CT molecular complexity index is 574. The lowest BCUT2D eigenvalue weighted by molar-refractivity contribution is -0.123. The fraction of sp³-hybridized carbons (Fsp3) is 0.600. The Morgan fingerprint density at radius 3 is 2.77 bits per heavy atom. The number of urea groups is 1. The van der Waals surface area contributed by atoms with Gasteiger partial charge < -0.3 is 14.7 Å². The summed E-state index contributed by atoms with van der Waals surface area (Å²) in [5.41, 5.74) is 0.835. The number of thiophene rings is 1. The summed E-state index contributed by atoms with van der Waals surface area (Å²) in [6.45, 7) is 2.47. The molecule has 0 radical (unpaired) electrons. The van der Waals surface area contributed by atoms with Gasteiger partial charge in [0, 0.05) is 39.1 Å². The van der Waals surface area contributed by atoms with Gasteiger partial charge in [0.05, 0.1) is 17.8 Å². The van der Waals surface area contributed by atoms with Crippen molar-refractivity contribution < 1.29 is 9.59 Å². The van der Waals surface area contributed by atoms with Crippen LogP contribution in [-0.4, -0.2) is 79.5 Å². The second kappa shape index (κ2) is 5.55. The molecule has 0 aliphatic carbocycles. The van der Waals surface area contributed by atoms with E-state index in [1.165, 1.54) is 0 Å². The SMILES string of the molecule is CN(C)C(=O)N1CCC2(C1)CN(c1ccsc1)C(=O)CN2C. The van der Waals surface area contributed by atoms with Gasteiger partial charge in [-0.3, -0.25) is 9.69 Å². The highest BCUT2D eigenvalue weighted by Gasteiger charge is 2.48. The molecule has 3 amide bonds. The molecule has 1 unspecified atom stereocenters. The van der Waals surface area contributed by atoms with Gasteiger partial charge in [0.25, 0.3) is 0 Å². The number of carbonyl (C=O) groups excluding carboxylic acids is 2. The number of rotatable bonds is 1. The third kappa shape index (κ3) is 2.48. The van der Waals surface area contributed by atoms with Crippen molar-refractivity contribution >= 4 is 29.0 Å². The first-order chi connectivity index (χ1) is 10.4. The van der Waals surface area contributed by atoms with Crippen molar-refractivity contribution in [2.45, 2.75) is 12.0 Å². The van der Waals surface area contributed by atoms with E-state index in [-0.39, 0.29) is 17.5 Å². The largest absolute Gasteiger partial charge is 0.331 e. The predicted molar refractivity (Wildman–Crippen MR) is 87.3 cm³/mol. The molecule has 7 heteroatoms. The highest BCUT2D eigenvalue weighted by molar-refractivity contribution is 7.08. The van der Waals surface area contributed by atoms with Crippen LogP contribution in [0.5, 0.6) is 0 Å². The Hall–Kier alpha value is -1.60. The quantitative estimate of drug-likeness (QED) is 0.779. The molecule has 0 aromatic carbocycles. The minimum absolute atomic E-state index is 0.0456. The Labute approximate surface area is 134 Å². The summed E-state index contributed by atoms with van der Waals surface area (Å²) in [5.74, 6) is 0.129. The van der Waals surface area contributed by atoms with Crippen molar-refractivity contribution in [1.82, 2.24) is 14.7 Å². The van der Waals surface area contributed by atoms with Crippen molar-refractivity contribution in [2.75, 3.05) is 52.2 Å². The van der Waals surface area contributed by atoms with Gasteiger partial charge in [0.15, 0.2) is 0 Å². The van der Waals surface area contributed by atoms with Gasteiger partial charge in [0.1, 0.15) is 0 Å². The van der Waals surface area contributed by atoms with Crippen LogP contribution in [0.1, 0.15) is 6.42 Å². The molecule has 1 aromatic heterocycles. The van der Waals surface area contributed by atoms with Gasteiger partial charge in [-0.2, -0.15) is 11.3 Å². The lowest BCUT2D eigenvalue weighted by Crippen LogP contribution is -2.64. The number of hydrogen-bond donors (Lipinski definition) is 0. The Balaban J connectivity index is 1.81. The van der Waals surface area contributed by atoms with E-state index in [0.717, 1.165) is 18.7 Å². The summed E-state index contributed by atoms with van der Waals surface area (Å²) in [7, 11) is 5.55. The molecular weight excluding hydrogens is 300 g/mol. The number of likely N-dealkylation sites (N-methyl/N-ethyl adjacent to an activating group) is 1. The minimum atomic E-state index is -0.137. The van der Waals surface area contributed by atoms with Crippen LogP contribution < -0.4 is 4.90 Å². The van der Waals surface area contributed by atoms with Gasteiger partial charge >= 0.3 is 6.03 Å². The summed E-state index contributed by atoms with van der Waals surface area (Å²) >= 11 is 1.60. The molecule has 1 aromatic rings. The highest BCUT2D eigenvalue weighted by atomic mass is 32.1. The summed E-state index contributed by atoms with van der Waals surface area (Å²) in [6.07, 6.45) is 0.900. The zero-order valence-corrected chi connectivity index (χ0v) is 14.1. The van der Waals surface area contributed by atoms with Crippen LogP contribution in [0.15, 0.2) is 16.8 Å². The van der Waals surface area contributed by atoms with E-state index in [1.807, 2.05) is 33.7 Å². The number of likely N-dealkylation sites (tertiary alicyclic amines) is 1. The second-order valence-electron chi connectivity index (χ2n) is 6.39. The molecule has 0 N–H and O–H groups in total. The fourth-order valence-electron chi connectivity index (χ4n) is 3.35. The summed E-state index contributed by atoms with van der Waals surface area (Å²) < 4.78 is 0. The van der Waals surface area contributed by atoms with E-state index < -0.39 is 0 Å². The molecule has 1 atom stereocenters. The standard InChI is InChI=1S/C15H22N4O2S/c1-16(2)14(21)18-6-5-15(10-18)11-19(12-4-7-22-9-12)13(20)8-17(15)3/h4,7,9H,5-6,8,10-11H2,1-3H3. The maximum Gasteiger partial charge on any atom is 0.319 e. The van der Waals surface area contributed by atoms with Crippen molar-refractivity contribution in [3.05, 3.63) is 16.8 Å². The maximum atomic E-state index is 12.4. The van der Waals surface area contributed by atoms with Crippen LogP contribution >= 0.6 is 11.3 Å². The van der Waals surface area contributed by atoms with E-state index in [1.54, 1.807) is 30.3 Å². The molecular formula is C15H22N4O2S. The molecule has 0 bridgehead atoms. The number of carbonyl (C=O) groups is 2. The molecule has 2 saturated heterocycles. The number of amides is 3. The predicted octanol–water partition coefficient (Wildman–Crippen LogP) is 1.15. The third-order valence-electron chi connectivity index (χ3n) is 4.74. The number of anilines is 1. The summed E-state index contributed by atoms with van der Waals surface area (Å²) in [4.78, 5) is 32.1. The molecule has 1 spiro atoms. The van der Waals surface area contributed by atoms with Gasteiger partial charge in [-0.05, 0) is 24.9 Å². The van der Waals surface area contributed by atoms with Crippen LogP contribution in [-0.2, 0) is 4.79 Å². The molecule has 2 aliphatic heterocycles. The van der Waals surface area contributed by atoms with Crippen LogP contribution in [0.25, 0.3) is 0 Å². The van der Waals surface area contributed by atoms with Crippen molar-refractivity contribution in [3.63, 3.8) is 0 Å². The van der Waals surface area contributed by atoms with Crippen molar-refractivity contribution in [3.8, 4) is 0 Å². The molecule has 6 nitrogen and oxygen atoms in total. The first-order valence-corrected chi connectivity index (χ1v) is 8.37. The van der Waals surface area contributed by atoms with E-state index in [9.17, 15) is 9.59 Å². The number of nitrogens with zero attached hydrogens (tertiary/aromatic N) is 4. The van der Waals surface area contributed by atoms with Crippen LogP contribution in [0.2, 0.25) is 0 Å². The maximum absolute atomic E-state index is 12.4. The van der Waals surface area contributed by atoms with Gasteiger partial charge in [0.2, 0.25) is 5.91 Å². The molecule has 3 rings (SSSR count). The molecule has 3 heterocycles. The first kappa shape index (κ1) is 15.3.